The molecule has 0 amide bonds. The zero-order valence-corrected chi connectivity index (χ0v) is 6.99. The van der Waals surface area contributed by atoms with Gasteiger partial charge >= 0.3 is 0 Å². The lowest BCUT2D eigenvalue weighted by molar-refractivity contribution is 0.236. The molecule has 0 atom stereocenters. The summed E-state index contributed by atoms with van der Waals surface area (Å²) in [6, 6.07) is 1.06. The third kappa shape index (κ3) is 1.97. The van der Waals surface area contributed by atoms with Gasteiger partial charge in [0.05, 0.1) is 0 Å². The van der Waals surface area contributed by atoms with Crippen LogP contribution >= 0.6 is 0 Å². The van der Waals surface area contributed by atoms with Gasteiger partial charge in [-0.1, -0.05) is 6.08 Å². The van der Waals surface area contributed by atoms with Gasteiger partial charge in [-0.2, -0.15) is 0 Å². The quantitative estimate of drug-likeness (QED) is 0.670. The van der Waals surface area contributed by atoms with Gasteiger partial charge < -0.3 is 14.6 Å². The predicted molar refractivity (Wildman–Crippen MR) is 46.5 cm³/mol. The summed E-state index contributed by atoms with van der Waals surface area (Å²) in [6.45, 7) is 3.09. The van der Waals surface area contributed by atoms with Crippen LogP contribution in [0.4, 0.5) is 0 Å². The third-order valence-electron chi connectivity index (χ3n) is 1.53. The molecule has 0 radical (unpaired) electrons. The molecular weight excluding hydrogens is 172 g/mol. The summed E-state index contributed by atoms with van der Waals surface area (Å²) < 4.78 is 5.01. The molecule has 0 aliphatic carbocycles. The van der Waals surface area contributed by atoms with Gasteiger partial charge in [-0.3, -0.25) is 4.79 Å². The van der Waals surface area contributed by atoms with E-state index in [9.17, 15) is 9.90 Å². The lowest BCUT2D eigenvalue weighted by atomic mass is 10.2. The summed E-state index contributed by atoms with van der Waals surface area (Å²) in [5, 5.41) is 17.9. The molecule has 4 heteroatoms. The van der Waals surface area contributed by atoms with Crippen molar-refractivity contribution in [1.29, 1.82) is 0 Å². The largest absolute Gasteiger partial charge is 0.502 e. The Morgan fingerprint density at radius 3 is 2.85 bits per heavy atom. The highest BCUT2D eigenvalue weighted by atomic mass is 16.4. The van der Waals surface area contributed by atoms with E-state index in [0.29, 0.717) is 0 Å². The van der Waals surface area contributed by atoms with Crippen LogP contribution in [-0.4, -0.2) is 10.2 Å². The van der Waals surface area contributed by atoms with Gasteiger partial charge in [0.1, 0.15) is 12.4 Å². The SMILES string of the molecule is C=CCc1oc(CO)cc(=O)c1O. The first-order valence-electron chi connectivity index (χ1n) is 3.75. The Morgan fingerprint density at radius 2 is 2.31 bits per heavy atom. The van der Waals surface area contributed by atoms with Gasteiger partial charge in [-0.05, 0) is 0 Å². The van der Waals surface area contributed by atoms with Crippen molar-refractivity contribution in [2.24, 2.45) is 0 Å². The molecule has 1 aromatic rings. The van der Waals surface area contributed by atoms with Crippen molar-refractivity contribution in [3.05, 3.63) is 40.5 Å². The Balaban J connectivity index is 3.24. The second-order valence-electron chi connectivity index (χ2n) is 2.50. The van der Waals surface area contributed by atoms with Crippen molar-refractivity contribution >= 4 is 0 Å². The van der Waals surface area contributed by atoms with E-state index in [1.54, 1.807) is 0 Å². The zero-order valence-electron chi connectivity index (χ0n) is 6.99. The van der Waals surface area contributed by atoms with E-state index in [1.807, 2.05) is 0 Å². The molecule has 1 aromatic heterocycles. The van der Waals surface area contributed by atoms with E-state index in [1.165, 1.54) is 6.08 Å². The molecule has 0 aromatic carbocycles. The molecule has 0 aliphatic heterocycles. The third-order valence-corrected chi connectivity index (χ3v) is 1.53. The molecule has 0 saturated heterocycles. The minimum absolute atomic E-state index is 0.131. The van der Waals surface area contributed by atoms with E-state index >= 15 is 0 Å². The second-order valence-corrected chi connectivity index (χ2v) is 2.50. The fourth-order valence-electron chi connectivity index (χ4n) is 0.935. The van der Waals surface area contributed by atoms with E-state index in [2.05, 4.69) is 6.58 Å². The number of rotatable bonds is 3. The minimum atomic E-state index is -0.549. The van der Waals surface area contributed by atoms with Gasteiger partial charge in [0, 0.05) is 12.5 Å². The van der Waals surface area contributed by atoms with Crippen molar-refractivity contribution < 1.29 is 14.6 Å². The van der Waals surface area contributed by atoms with Crippen LogP contribution in [0, 0.1) is 0 Å². The first-order valence-corrected chi connectivity index (χ1v) is 3.75. The molecule has 0 aliphatic rings. The summed E-state index contributed by atoms with van der Waals surface area (Å²) in [6.07, 6.45) is 1.76. The molecule has 70 valence electrons. The number of allylic oxidation sites excluding steroid dienone is 1. The Hall–Kier alpha value is -1.55. The lowest BCUT2D eigenvalue weighted by Gasteiger charge is -2.01. The summed E-state index contributed by atoms with van der Waals surface area (Å²) in [4.78, 5) is 11.0. The summed E-state index contributed by atoms with van der Waals surface area (Å²) in [7, 11) is 0. The van der Waals surface area contributed by atoms with Gasteiger partial charge in [0.15, 0.2) is 5.76 Å². The Morgan fingerprint density at radius 1 is 1.62 bits per heavy atom. The number of hydrogen-bond acceptors (Lipinski definition) is 4. The summed E-state index contributed by atoms with van der Waals surface area (Å²) in [5.74, 6) is -0.150. The fourth-order valence-corrected chi connectivity index (χ4v) is 0.935. The van der Waals surface area contributed by atoms with E-state index in [0.717, 1.165) is 6.07 Å². The average molecular weight is 182 g/mol. The van der Waals surface area contributed by atoms with E-state index in [-0.39, 0.29) is 24.5 Å². The van der Waals surface area contributed by atoms with E-state index in [4.69, 9.17) is 9.52 Å². The first kappa shape index (κ1) is 9.54. The van der Waals surface area contributed by atoms with Gasteiger partial charge in [0.25, 0.3) is 0 Å². The molecule has 4 nitrogen and oxygen atoms in total. The molecule has 0 spiro atoms. The van der Waals surface area contributed by atoms with Crippen LogP contribution in [0.25, 0.3) is 0 Å². The monoisotopic (exact) mass is 182 g/mol. The second kappa shape index (κ2) is 3.91. The number of aromatic hydroxyl groups is 1. The molecule has 1 heterocycles. The topological polar surface area (TPSA) is 70.7 Å². The van der Waals surface area contributed by atoms with Crippen LogP contribution < -0.4 is 5.43 Å². The van der Waals surface area contributed by atoms with Crippen molar-refractivity contribution in [3.63, 3.8) is 0 Å². The number of aliphatic hydroxyl groups excluding tert-OH is 1. The van der Waals surface area contributed by atoms with Crippen LogP contribution in [0.3, 0.4) is 0 Å². The standard InChI is InChI=1S/C9H10O4/c1-2-3-8-9(12)7(11)4-6(5-10)13-8/h2,4,10,12H,1,3,5H2. The molecule has 0 unspecified atom stereocenters. The highest BCUT2D eigenvalue weighted by Crippen LogP contribution is 2.14. The lowest BCUT2D eigenvalue weighted by Crippen LogP contribution is -2.04. The Kier molecular flexibility index (Phi) is 2.87. The molecule has 0 saturated carbocycles. The Bertz CT molecular complexity index is 364. The van der Waals surface area contributed by atoms with Crippen LogP contribution in [0.1, 0.15) is 11.5 Å². The molecule has 13 heavy (non-hydrogen) atoms. The smallest absolute Gasteiger partial charge is 0.227 e. The maximum atomic E-state index is 11.0. The zero-order chi connectivity index (χ0) is 9.84. The van der Waals surface area contributed by atoms with Crippen LogP contribution in [0.15, 0.2) is 27.9 Å². The predicted octanol–water partition coefficient (Wildman–Crippen LogP) is 0.566. The van der Waals surface area contributed by atoms with Crippen LogP contribution in [-0.2, 0) is 13.0 Å². The summed E-state index contributed by atoms with van der Waals surface area (Å²) >= 11 is 0. The highest BCUT2D eigenvalue weighted by molar-refractivity contribution is 5.26. The van der Waals surface area contributed by atoms with E-state index < -0.39 is 11.2 Å². The van der Waals surface area contributed by atoms with Crippen LogP contribution in [0.2, 0.25) is 0 Å². The fraction of sp³-hybridized carbons (Fsp3) is 0.222. The van der Waals surface area contributed by atoms with Crippen molar-refractivity contribution in [2.45, 2.75) is 13.0 Å². The van der Waals surface area contributed by atoms with Crippen molar-refractivity contribution in [1.82, 2.24) is 0 Å². The number of aliphatic hydroxyl groups is 1. The van der Waals surface area contributed by atoms with Gasteiger partial charge in [-0.15, -0.1) is 6.58 Å². The molecule has 0 fully saturated rings. The number of hydrogen-bond donors (Lipinski definition) is 2. The van der Waals surface area contributed by atoms with Gasteiger partial charge in [-0.25, -0.2) is 0 Å². The Labute approximate surface area is 74.8 Å². The average Bonchev–Trinajstić information content (AvgIpc) is 2.13. The highest BCUT2D eigenvalue weighted by Gasteiger charge is 2.08. The maximum absolute atomic E-state index is 11.0. The maximum Gasteiger partial charge on any atom is 0.227 e. The van der Waals surface area contributed by atoms with Crippen molar-refractivity contribution in [2.75, 3.05) is 0 Å². The minimum Gasteiger partial charge on any atom is -0.502 e. The normalized spacial score (nSPS) is 9.92. The molecule has 1 rings (SSSR count). The van der Waals surface area contributed by atoms with Crippen molar-refractivity contribution in [3.8, 4) is 5.75 Å². The molecular formula is C9H10O4. The molecule has 2 N–H and O–H groups in total. The molecule has 0 bridgehead atoms. The van der Waals surface area contributed by atoms with Crippen LogP contribution in [0.5, 0.6) is 5.75 Å². The van der Waals surface area contributed by atoms with Gasteiger partial charge in [0.2, 0.25) is 11.2 Å². The summed E-state index contributed by atoms with van der Waals surface area (Å²) in [5.41, 5.74) is -0.549. The first-order chi connectivity index (χ1) is 6.19.